The molecule has 2 heteroatoms. The van der Waals surface area contributed by atoms with E-state index in [-0.39, 0.29) is 5.92 Å². The van der Waals surface area contributed by atoms with Gasteiger partial charge in [-0.15, -0.1) is 0 Å². The monoisotopic (exact) mass is 480 g/mol. The van der Waals surface area contributed by atoms with Crippen LogP contribution in [0.4, 0.5) is 0 Å². The van der Waals surface area contributed by atoms with Crippen molar-refractivity contribution in [3.05, 3.63) is 0 Å². The molecule has 0 bridgehead atoms. The molecule has 1 N–H and O–H groups in total. The molecule has 0 amide bonds. The third-order valence-electron chi connectivity index (χ3n) is 7.87. The fourth-order valence-corrected chi connectivity index (χ4v) is 5.63. The van der Waals surface area contributed by atoms with E-state index in [2.05, 4.69) is 27.7 Å². The first-order chi connectivity index (χ1) is 16.5. The Hall–Kier alpha value is -0.530. The molecule has 0 aliphatic rings. The Morgan fingerprint density at radius 1 is 0.529 bits per heavy atom. The van der Waals surface area contributed by atoms with Gasteiger partial charge in [-0.05, 0) is 24.7 Å². The lowest BCUT2D eigenvalue weighted by molar-refractivity contribution is -0.143. The highest BCUT2D eigenvalue weighted by molar-refractivity contribution is 5.69. The van der Waals surface area contributed by atoms with E-state index < -0.39 is 5.97 Å². The van der Waals surface area contributed by atoms with Gasteiger partial charge in [-0.2, -0.15) is 0 Å². The van der Waals surface area contributed by atoms with Crippen molar-refractivity contribution in [2.24, 2.45) is 17.8 Å². The Morgan fingerprint density at radius 3 is 1.38 bits per heavy atom. The third kappa shape index (κ3) is 22.0. The number of carbonyl (C=O) groups is 1. The van der Waals surface area contributed by atoms with Crippen LogP contribution < -0.4 is 0 Å². The quantitative estimate of drug-likeness (QED) is 0.119. The molecule has 0 aliphatic carbocycles. The zero-order valence-corrected chi connectivity index (χ0v) is 24.1. The van der Waals surface area contributed by atoms with E-state index in [9.17, 15) is 9.90 Å². The van der Waals surface area contributed by atoms with Crippen LogP contribution in [0.25, 0.3) is 0 Å². The summed E-state index contributed by atoms with van der Waals surface area (Å²) in [5.41, 5.74) is 0. The Kier molecular flexibility index (Phi) is 25.2. The summed E-state index contributed by atoms with van der Waals surface area (Å²) in [6, 6.07) is 0. The van der Waals surface area contributed by atoms with Crippen LogP contribution in [0.15, 0.2) is 0 Å². The average Bonchev–Trinajstić information content (AvgIpc) is 2.81. The number of hydrogen-bond donors (Lipinski definition) is 1. The standard InChI is InChI=1S/C32H64O2/c1-5-8-10-11-12-13-14-15-16-17-18-19-20-21-22-23-25-29(4)27-31(32(33)34)28-30(24-7-3)26-9-6-2/h29-31H,5-28H2,1-4H3,(H,33,34). The van der Waals surface area contributed by atoms with Crippen molar-refractivity contribution < 1.29 is 9.90 Å². The zero-order chi connectivity index (χ0) is 25.3. The van der Waals surface area contributed by atoms with Gasteiger partial charge in [0.25, 0.3) is 0 Å². The first-order valence-electron chi connectivity index (χ1n) is 15.8. The highest BCUT2D eigenvalue weighted by Crippen LogP contribution is 2.29. The molecule has 3 unspecified atom stereocenters. The van der Waals surface area contributed by atoms with Gasteiger partial charge >= 0.3 is 5.97 Å². The van der Waals surface area contributed by atoms with Crippen LogP contribution in [0.2, 0.25) is 0 Å². The molecule has 0 fully saturated rings. The molecule has 0 radical (unpaired) electrons. The molecule has 34 heavy (non-hydrogen) atoms. The van der Waals surface area contributed by atoms with Crippen LogP contribution in [0.3, 0.4) is 0 Å². The molecule has 0 aliphatic heterocycles. The number of hydrogen-bond acceptors (Lipinski definition) is 1. The topological polar surface area (TPSA) is 37.3 Å². The Morgan fingerprint density at radius 2 is 0.971 bits per heavy atom. The molecule has 0 aromatic heterocycles. The molecule has 0 aromatic rings. The summed E-state index contributed by atoms with van der Waals surface area (Å²) in [7, 11) is 0. The second-order valence-corrected chi connectivity index (χ2v) is 11.5. The zero-order valence-electron chi connectivity index (χ0n) is 24.1. The maximum absolute atomic E-state index is 11.9. The van der Waals surface area contributed by atoms with Gasteiger partial charge < -0.3 is 5.11 Å². The molecular formula is C32H64O2. The van der Waals surface area contributed by atoms with Gasteiger partial charge in [0.2, 0.25) is 0 Å². The minimum absolute atomic E-state index is 0.135. The molecule has 0 aromatic carbocycles. The van der Waals surface area contributed by atoms with Gasteiger partial charge in [-0.3, -0.25) is 4.79 Å². The van der Waals surface area contributed by atoms with E-state index in [1.807, 2.05) is 0 Å². The highest BCUT2D eigenvalue weighted by Gasteiger charge is 2.24. The van der Waals surface area contributed by atoms with E-state index in [1.165, 1.54) is 141 Å². The number of carboxylic acid groups (broad SMARTS) is 1. The second kappa shape index (κ2) is 25.6. The first-order valence-corrected chi connectivity index (χ1v) is 15.8. The molecule has 2 nitrogen and oxygen atoms in total. The van der Waals surface area contributed by atoms with E-state index in [0.29, 0.717) is 11.8 Å². The smallest absolute Gasteiger partial charge is 0.306 e. The van der Waals surface area contributed by atoms with Crippen molar-refractivity contribution in [2.75, 3.05) is 0 Å². The van der Waals surface area contributed by atoms with Crippen molar-refractivity contribution in [3.8, 4) is 0 Å². The largest absolute Gasteiger partial charge is 0.481 e. The fourth-order valence-electron chi connectivity index (χ4n) is 5.63. The predicted octanol–water partition coefficient (Wildman–Crippen LogP) is 11.4. The molecule has 3 atom stereocenters. The Labute approximate surface area is 215 Å². The lowest BCUT2D eigenvalue weighted by Crippen LogP contribution is -2.20. The van der Waals surface area contributed by atoms with Crippen molar-refractivity contribution in [3.63, 3.8) is 0 Å². The molecule has 0 saturated heterocycles. The minimum atomic E-state index is -0.559. The van der Waals surface area contributed by atoms with Crippen LogP contribution in [0.1, 0.15) is 182 Å². The normalized spacial score (nSPS) is 14.2. The predicted molar refractivity (Wildman–Crippen MR) is 152 cm³/mol. The Balaban J connectivity index is 3.68. The van der Waals surface area contributed by atoms with E-state index in [1.54, 1.807) is 0 Å². The summed E-state index contributed by atoms with van der Waals surface area (Å²) >= 11 is 0. The third-order valence-corrected chi connectivity index (χ3v) is 7.87. The fraction of sp³-hybridized carbons (Fsp3) is 0.969. The second-order valence-electron chi connectivity index (χ2n) is 11.5. The van der Waals surface area contributed by atoms with Gasteiger partial charge in [0.1, 0.15) is 0 Å². The van der Waals surface area contributed by atoms with Gasteiger partial charge in [-0.1, -0.05) is 169 Å². The van der Waals surface area contributed by atoms with Gasteiger partial charge in [0.05, 0.1) is 5.92 Å². The number of unbranched alkanes of at least 4 members (excludes halogenated alkanes) is 16. The lowest BCUT2D eigenvalue weighted by Gasteiger charge is -2.23. The van der Waals surface area contributed by atoms with Crippen LogP contribution in [0, 0.1) is 17.8 Å². The number of carboxylic acids is 1. The van der Waals surface area contributed by atoms with Crippen LogP contribution in [0.5, 0.6) is 0 Å². The van der Waals surface area contributed by atoms with Gasteiger partial charge in [0.15, 0.2) is 0 Å². The molecule has 0 heterocycles. The summed E-state index contributed by atoms with van der Waals surface area (Å²) < 4.78 is 0. The van der Waals surface area contributed by atoms with Crippen LogP contribution in [-0.2, 0) is 4.79 Å². The van der Waals surface area contributed by atoms with Crippen molar-refractivity contribution in [1.82, 2.24) is 0 Å². The minimum Gasteiger partial charge on any atom is -0.481 e. The van der Waals surface area contributed by atoms with E-state index >= 15 is 0 Å². The summed E-state index contributed by atoms with van der Waals surface area (Å²) in [5.74, 6) is 0.455. The highest BCUT2D eigenvalue weighted by atomic mass is 16.4. The maximum atomic E-state index is 11.9. The lowest BCUT2D eigenvalue weighted by atomic mass is 9.82. The molecule has 204 valence electrons. The summed E-state index contributed by atoms with van der Waals surface area (Å²) in [6.07, 6.45) is 31.5. The number of rotatable bonds is 27. The molecular weight excluding hydrogens is 416 g/mol. The van der Waals surface area contributed by atoms with Crippen molar-refractivity contribution in [1.29, 1.82) is 0 Å². The van der Waals surface area contributed by atoms with Gasteiger partial charge in [0, 0.05) is 0 Å². The summed E-state index contributed by atoms with van der Waals surface area (Å²) in [5, 5.41) is 9.78. The average molecular weight is 481 g/mol. The van der Waals surface area contributed by atoms with Crippen molar-refractivity contribution >= 4 is 5.97 Å². The maximum Gasteiger partial charge on any atom is 0.306 e. The number of aliphatic carboxylic acids is 1. The summed E-state index contributed by atoms with van der Waals surface area (Å²) in [6.45, 7) is 9.03. The van der Waals surface area contributed by atoms with Crippen molar-refractivity contribution in [2.45, 2.75) is 182 Å². The molecule has 0 spiro atoms. The van der Waals surface area contributed by atoms with E-state index in [0.717, 1.165) is 12.8 Å². The molecule has 0 saturated carbocycles. The van der Waals surface area contributed by atoms with E-state index in [4.69, 9.17) is 0 Å². The first kappa shape index (κ1) is 33.5. The molecule has 0 rings (SSSR count). The van der Waals surface area contributed by atoms with Crippen LogP contribution >= 0.6 is 0 Å². The summed E-state index contributed by atoms with van der Waals surface area (Å²) in [4.78, 5) is 11.9. The Bertz CT molecular complexity index is 419. The SMILES string of the molecule is CCCCCCCCCCCCCCCCCCC(C)CC(CC(CCC)CCCC)C(=O)O. The van der Waals surface area contributed by atoms with Crippen LogP contribution in [-0.4, -0.2) is 11.1 Å². The van der Waals surface area contributed by atoms with Gasteiger partial charge in [-0.25, -0.2) is 0 Å².